The van der Waals surface area contributed by atoms with Crippen molar-refractivity contribution in [2.45, 2.75) is 45.2 Å². The third kappa shape index (κ3) is 2.16. The zero-order valence-electron chi connectivity index (χ0n) is 11.7. The number of amides is 1. The second-order valence-electron chi connectivity index (χ2n) is 6.41. The molecular formula is C16H22N2O. The molecule has 19 heavy (non-hydrogen) atoms. The molecule has 1 aliphatic carbocycles. The van der Waals surface area contributed by atoms with Gasteiger partial charge in [-0.3, -0.25) is 10.1 Å². The maximum atomic E-state index is 12.6. The highest BCUT2D eigenvalue weighted by Crippen LogP contribution is 2.42. The summed E-state index contributed by atoms with van der Waals surface area (Å²) >= 11 is 0. The van der Waals surface area contributed by atoms with Crippen molar-refractivity contribution in [1.82, 2.24) is 10.2 Å². The molecule has 1 saturated carbocycles. The summed E-state index contributed by atoms with van der Waals surface area (Å²) in [6.07, 6.45) is 3.59. The highest BCUT2D eigenvalue weighted by atomic mass is 16.2. The number of nitrogens with zero attached hydrogens (tertiary/aromatic N) is 1. The van der Waals surface area contributed by atoms with Crippen LogP contribution in [0.4, 0.5) is 0 Å². The molecule has 1 aromatic rings. The quantitative estimate of drug-likeness (QED) is 0.884. The Hall–Kier alpha value is -1.35. The molecular weight excluding hydrogens is 236 g/mol. The van der Waals surface area contributed by atoms with Gasteiger partial charge in [0.25, 0.3) is 0 Å². The Morgan fingerprint density at radius 1 is 1.26 bits per heavy atom. The summed E-state index contributed by atoms with van der Waals surface area (Å²) in [6.45, 7) is 5.26. The van der Waals surface area contributed by atoms with Crippen LogP contribution in [-0.4, -0.2) is 23.5 Å². The average molecular weight is 258 g/mol. The highest BCUT2D eigenvalue weighted by Gasteiger charge is 2.44. The lowest BCUT2D eigenvalue weighted by molar-refractivity contribution is -0.132. The van der Waals surface area contributed by atoms with Crippen molar-refractivity contribution < 1.29 is 4.79 Å². The number of carbonyl (C=O) groups excluding carboxylic acids is 1. The van der Waals surface area contributed by atoms with Crippen molar-refractivity contribution in [1.29, 1.82) is 0 Å². The van der Waals surface area contributed by atoms with E-state index in [0.29, 0.717) is 12.7 Å². The molecule has 2 unspecified atom stereocenters. The molecule has 0 aromatic heterocycles. The Morgan fingerprint density at radius 3 is 2.63 bits per heavy atom. The van der Waals surface area contributed by atoms with Gasteiger partial charge in [0.2, 0.25) is 5.91 Å². The molecule has 3 heteroatoms. The molecule has 1 aliphatic heterocycles. The molecule has 1 heterocycles. The monoisotopic (exact) mass is 258 g/mol. The van der Waals surface area contributed by atoms with Crippen molar-refractivity contribution in [3.05, 3.63) is 35.9 Å². The van der Waals surface area contributed by atoms with Crippen molar-refractivity contribution in [2.24, 2.45) is 5.41 Å². The zero-order chi connectivity index (χ0) is 13.5. The van der Waals surface area contributed by atoms with E-state index < -0.39 is 0 Å². The van der Waals surface area contributed by atoms with Crippen molar-refractivity contribution in [3.8, 4) is 0 Å². The average Bonchev–Trinajstić information content (AvgIpc) is 2.93. The van der Waals surface area contributed by atoms with E-state index in [9.17, 15) is 4.79 Å². The number of hydrogen-bond acceptors (Lipinski definition) is 2. The van der Waals surface area contributed by atoms with E-state index in [4.69, 9.17) is 0 Å². The molecule has 1 N–H and O–H groups in total. The summed E-state index contributed by atoms with van der Waals surface area (Å²) in [5.74, 6) is 0.242. The molecule has 3 rings (SSSR count). The molecule has 2 aliphatic rings. The van der Waals surface area contributed by atoms with E-state index in [2.05, 4.69) is 24.1 Å². The van der Waals surface area contributed by atoms with Gasteiger partial charge in [0.1, 0.15) is 6.04 Å². The van der Waals surface area contributed by atoms with Crippen molar-refractivity contribution in [3.63, 3.8) is 0 Å². The van der Waals surface area contributed by atoms with Gasteiger partial charge in [0.15, 0.2) is 0 Å². The smallest absolute Gasteiger partial charge is 0.245 e. The van der Waals surface area contributed by atoms with E-state index in [1.54, 1.807) is 0 Å². The maximum absolute atomic E-state index is 12.6. The molecule has 3 nitrogen and oxygen atoms in total. The summed E-state index contributed by atoms with van der Waals surface area (Å²) in [5.41, 5.74) is 1.33. The van der Waals surface area contributed by atoms with Crippen LogP contribution in [0.25, 0.3) is 0 Å². The third-order valence-electron chi connectivity index (χ3n) is 4.71. The Kier molecular flexibility index (Phi) is 3.09. The minimum atomic E-state index is -0.155. The largest absolute Gasteiger partial charge is 0.325 e. The van der Waals surface area contributed by atoms with Gasteiger partial charge in [-0.05, 0) is 23.8 Å². The standard InChI is InChI=1S/C16H22N2O/c1-16(2)10-6-9-13(16)18-11-17-14(15(18)19)12-7-4-3-5-8-12/h3-5,7-8,13-14,17H,6,9-11H2,1-2H3. The van der Waals surface area contributed by atoms with Gasteiger partial charge >= 0.3 is 0 Å². The lowest BCUT2D eigenvalue weighted by atomic mass is 9.86. The first kappa shape index (κ1) is 12.7. The summed E-state index contributed by atoms with van der Waals surface area (Å²) in [4.78, 5) is 14.7. The summed E-state index contributed by atoms with van der Waals surface area (Å²) in [6, 6.07) is 10.3. The topological polar surface area (TPSA) is 32.3 Å². The van der Waals surface area contributed by atoms with Crippen LogP contribution in [0.2, 0.25) is 0 Å². The summed E-state index contributed by atoms with van der Waals surface area (Å²) in [7, 11) is 0. The molecule has 102 valence electrons. The maximum Gasteiger partial charge on any atom is 0.245 e. The Morgan fingerprint density at radius 2 is 2.00 bits per heavy atom. The second-order valence-corrected chi connectivity index (χ2v) is 6.41. The molecule has 0 radical (unpaired) electrons. The molecule has 0 bridgehead atoms. The van der Waals surface area contributed by atoms with Crippen LogP contribution < -0.4 is 5.32 Å². The number of nitrogens with one attached hydrogen (secondary N) is 1. The van der Waals surface area contributed by atoms with Crippen LogP contribution >= 0.6 is 0 Å². The minimum Gasteiger partial charge on any atom is -0.325 e. The van der Waals surface area contributed by atoms with E-state index >= 15 is 0 Å². The molecule has 0 spiro atoms. The second kappa shape index (κ2) is 4.64. The summed E-state index contributed by atoms with van der Waals surface area (Å²) < 4.78 is 0. The van der Waals surface area contributed by atoms with Gasteiger partial charge in [-0.15, -0.1) is 0 Å². The molecule has 1 saturated heterocycles. The number of rotatable bonds is 2. The Balaban J connectivity index is 1.79. The Bertz CT molecular complexity index is 469. The normalized spacial score (nSPS) is 30.0. The first-order valence-corrected chi connectivity index (χ1v) is 7.18. The van der Waals surface area contributed by atoms with E-state index in [1.165, 1.54) is 12.8 Å². The fourth-order valence-corrected chi connectivity index (χ4v) is 3.58. The molecule has 2 atom stereocenters. The Labute approximate surface area is 115 Å². The van der Waals surface area contributed by atoms with Gasteiger partial charge in [-0.2, -0.15) is 0 Å². The highest BCUT2D eigenvalue weighted by molar-refractivity contribution is 5.85. The van der Waals surface area contributed by atoms with E-state index in [0.717, 1.165) is 12.0 Å². The van der Waals surface area contributed by atoms with Crippen molar-refractivity contribution in [2.75, 3.05) is 6.67 Å². The fourth-order valence-electron chi connectivity index (χ4n) is 3.58. The van der Waals surface area contributed by atoms with Crippen LogP contribution in [0.3, 0.4) is 0 Å². The minimum absolute atomic E-state index is 0.155. The first-order valence-electron chi connectivity index (χ1n) is 7.18. The van der Waals surface area contributed by atoms with Crippen LogP contribution in [-0.2, 0) is 4.79 Å². The lowest BCUT2D eigenvalue weighted by Crippen LogP contribution is -2.43. The molecule has 2 fully saturated rings. The number of carbonyl (C=O) groups is 1. The van der Waals surface area contributed by atoms with Gasteiger partial charge in [-0.25, -0.2) is 0 Å². The van der Waals surface area contributed by atoms with Gasteiger partial charge in [0.05, 0.1) is 6.67 Å². The van der Waals surface area contributed by atoms with Gasteiger partial charge < -0.3 is 4.90 Å². The van der Waals surface area contributed by atoms with Crippen molar-refractivity contribution >= 4 is 5.91 Å². The van der Waals surface area contributed by atoms with Crippen LogP contribution in [0.15, 0.2) is 30.3 Å². The van der Waals surface area contributed by atoms with E-state index in [1.807, 2.05) is 30.3 Å². The van der Waals surface area contributed by atoms with Gasteiger partial charge in [0, 0.05) is 6.04 Å². The predicted octanol–water partition coefficient (Wildman–Crippen LogP) is 2.70. The SMILES string of the molecule is CC1(C)CCCC1N1CNC(c2ccccc2)C1=O. The first-order chi connectivity index (χ1) is 9.09. The van der Waals surface area contributed by atoms with Gasteiger partial charge in [-0.1, -0.05) is 50.6 Å². The van der Waals surface area contributed by atoms with E-state index in [-0.39, 0.29) is 17.4 Å². The molecule has 1 aromatic carbocycles. The van der Waals surface area contributed by atoms with Crippen LogP contribution in [0, 0.1) is 5.41 Å². The predicted molar refractivity (Wildman–Crippen MR) is 75.5 cm³/mol. The lowest BCUT2D eigenvalue weighted by Gasteiger charge is -2.34. The molecule has 1 amide bonds. The number of benzene rings is 1. The third-order valence-corrected chi connectivity index (χ3v) is 4.71. The zero-order valence-corrected chi connectivity index (χ0v) is 11.7. The number of hydrogen-bond donors (Lipinski definition) is 1. The summed E-state index contributed by atoms with van der Waals surface area (Å²) in [5, 5.41) is 3.36. The van der Waals surface area contributed by atoms with Crippen LogP contribution in [0.1, 0.15) is 44.7 Å². The fraction of sp³-hybridized carbons (Fsp3) is 0.562. The van der Waals surface area contributed by atoms with Crippen LogP contribution in [0.5, 0.6) is 0 Å².